The van der Waals surface area contributed by atoms with Crippen molar-refractivity contribution in [3.63, 3.8) is 0 Å². The molecule has 4 nitrogen and oxygen atoms in total. The summed E-state index contributed by atoms with van der Waals surface area (Å²) < 4.78 is 43.6. The number of ether oxygens (including phenoxy) is 1. The predicted molar refractivity (Wildman–Crippen MR) is 105 cm³/mol. The van der Waals surface area contributed by atoms with E-state index < -0.39 is 12.8 Å². The van der Waals surface area contributed by atoms with Gasteiger partial charge in [0.25, 0.3) is 0 Å². The molecule has 1 fully saturated rings. The molecule has 2 aromatic carbocycles. The van der Waals surface area contributed by atoms with Crippen LogP contribution in [0.15, 0.2) is 55.1 Å². The van der Waals surface area contributed by atoms with Crippen LogP contribution in [0.2, 0.25) is 5.02 Å². The molecule has 29 heavy (non-hydrogen) atoms. The first kappa shape index (κ1) is 19.5. The maximum Gasteiger partial charge on any atom is 0.422 e. The molecule has 1 heterocycles. The highest BCUT2D eigenvalue weighted by atomic mass is 35.5. The molecule has 1 aromatic heterocycles. The van der Waals surface area contributed by atoms with Gasteiger partial charge in [-0.1, -0.05) is 48.5 Å². The minimum absolute atomic E-state index is 0.0314. The molecule has 0 N–H and O–H groups in total. The molecule has 150 valence electrons. The molecule has 0 saturated heterocycles. The Hall–Kier alpha value is -2.80. The van der Waals surface area contributed by atoms with E-state index >= 15 is 0 Å². The fourth-order valence-electron chi connectivity index (χ4n) is 3.43. The van der Waals surface area contributed by atoms with Crippen LogP contribution < -0.4 is 4.74 Å². The quantitative estimate of drug-likeness (QED) is 0.513. The Morgan fingerprint density at radius 3 is 2.45 bits per heavy atom. The van der Waals surface area contributed by atoms with Gasteiger partial charge in [0, 0.05) is 11.8 Å². The van der Waals surface area contributed by atoms with Crippen LogP contribution in [0, 0.1) is 0 Å². The first-order valence-electron chi connectivity index (χ1n) is 8.97. The van der Waals surface area contributed by atoms with Gasteiger partial charge >= 0.3 is 6.18 Å². The van der Waals surface area contributed by atoms with Crippen LogP contribution in [0.4, 0.5) is 13.2 Å². The van der Waals surface area contributed by atoms with Gasteiger partial charge in [-0.3, -0.25) is 4.57 Å². The Balaban J connectivity index is 1.68. The van der Waals surface area contributed by atoms with Gasteiger partial charge in [0.2, 0.25) is 0 Å². The van der Waals surface area contributed by atoms with E-state index in [2.05, 4.69) is 28.9 Å². The molecule has 0 unspecified atom stereocenters. The largest absolute Gasteiger partial charge is 0.484 e. The fourth-order valence-corrected chi connectivity index (χ4v) is 3.68. The molecule has 0 aliphatic heterocycles. The van der Waals surface area contributed by atoms with Crippen molar-refractivity contribution in [3.8, 4) is 17.1 Å². The number of benzene rings is 2. The maximum absolute atomic E-state index is 12.4. The van der Waals surface area contributed by atoms with Crippen LogP contribution in [-0.2, 0) is 5.41 Å². The lowest BCUT2D eigenvalue weighted by Crippen LogP contribution is -2.19. The van der Waals surface area contributed by atoms with E-state index in [9.17, 15) is 13.2 Å². The lowest BCUT2D eigenvalue weighted by Gasteiger charge is -2.16. The van der Waals surface area contributed by atoms with Crippen LogP contribution in [0.25, 0.3) is 17.6 Å². The summed E-state index contributed by atoms with van der Waals surface area (Å²) in [6.45, 7) is 2.50. The minimum Gasteiger partial charge on any atom is -0.484 e. The lowest BCUT2D eigenvalue weighted by atomic mass is 9.95. The lowest BCUT2D eigenvalue weighted by molar-refractivity contribution is -0.153. The summed E-state index contributed by atoms with van der Waals surface area (Å²) in [4.78, 5) is 0. The zero-order valence-electron chi connectivity index (χ0n) is 15.3. The van der Waals surface area contributed by atoms with Crippen molar-refractivity contribution in [2.45, 2.75) is 24.4 Å². The van der Waals surface area contributed by atoms with E-state index in [1.165, 1.54) is 12.1 Å². The van der Waals surface area contributed by atoms with Gasteiger partial charge in [-0.2, -0.15) is 13.2 Å². The van der Waals surface area contributed by atoms with Crippen LogP contribution in [-0.4, -0.2) is 27.5 Å². The molecular formula is C21H17ClF3N3O. The van der Waals surface area contributed by atoms with Gasteiger partial charge in [0.15, 0.2) is 12.4 Å². The second-order valence-corrected chi connectivity index (χ2v) is 7.30. The zero-order chi connectivity index (χ0) is 20.6. The number of hydrogen-bond acceptors (Lipinski definition) is 3. The van der Waals surface area contributed by atoms with Crippen LogP contribution in [0.3, 0.4) is 0 Å². The number of aromatic nitrogens is 3. The van der Waals surface area contributed by atoms with Gasteiger partial charge in [-0.05, 0) is 36.6 Å². The highest BCUT2D eigenvalue weighted by Gasteiger charge is 2.50. The highest BCUT2D eigenvalue weighted by molar-refractivity contribution is 6.33. The molecular weight excluding hydrogens is 403 g/mol. The standard InChI is InChI=1S/C21H17ClF3N3O/c1-2-28-18(16-9-8-15(12-17(16)22)29-13-21(23,24)25)26-27-19(28)20(10-11-20)14-6-4-3-5-7-14/h2-9,12H,1,10-11,13H2. The van der Waals surface area contributed by atoms with Gasteiger partial charge in [-0.15, -0.1) is 10.2 Å². The molecule has 4 rings (SSSR count). The number of nitrogens with zero attached hydrogens (tertiary/aromatic N) is 3. The molecule has 0 radical (unpaired) electrons. The highest BCUT2D eigenvalue weighted by Crippen LogP contribution is 2.53. The number of hydrogen-bond donors (Lipinski definition) is 0. The Morgan fingerprint density at radius 1 is 1.14 bits per heavy atom. The number of halogens is 4. The smallest absolute Gasteiger partial charge is 0.422 e. The number of alkyl halides is 3. The topological polar surface area (TPSA) is 39.9 Å². The van der Waals surface area contributed by atoms with Crippen molar-refractivity contribution in [1.29, 1.82) is 0 Å². The van der Waals surface area contributed by atoms with Crippen molar-refractivity contribution in [2.75, 3.05) is 6.61 Å². The van der Waals surface area contributed by atoms with E-state index in [1.54, 1.807) is 16.8 Å². The summed E-state index contributed by atoms with van der Waals surface area (Å²) in [5.74, 6) is 1.27. The first-order chi connectivity index (χ1) is 13.8. The second kappa shape index (κ2) is 7.22. The molecule has 0 atom stereocenters. The molecule has 0 spiro atoms. The summed E-state index contributed by atoms with van der Waals surface area (Å²) in [6, 6.07) is 14.4. The minimum atomic E-state index is -4.42. The summed E-state index contributed by atoms with van der Waals surface area (Å²) in [5, 5.41) is 8.93. The summed E-state index contributed by atoms with van der Waals surface area (Å²) >= 11 is 6.32. The van der Waals surface area contributed by atoms with Crippen molar-refractivity contribution in [2.24, 2.45) is 0 Å². The molecule has 0 bridgehead atoms. The summed E-state index contributed by atoms with van der Waals surface area (Å²) in [6.07, 6.45) is -0.904. The van der Waals surface area contributed by atoms with Crippen LogP contribution in [0.1, 0.15) is 24.2 Å². The van der Waals surface area contributed by atoms with Crippen LogP contribution >= 0.6 is 11.6 Å². The molecule has 3 aromatic rings. The normalized spacial score (nSPS) is 15.2. The van der Waals surface area contributed by atoms with Crippen molar-refractivity contribution in [3.05, 3.63) is 71.5 Å². The van der Waals surface area contributed by atoms with Gasteiger partial charge in [0.1, 0.15) is 11.6 Å². The first-order valence-corrected chi connectivity index (χ1v) is 9.35. The van der Waals surface area contributed by atoms with Gasteiger partial charge in [-0.25, -0.2) is 0 Å². The Kier molecular flexibility index (Phi) is 4.86. The van der Waals surface area contributed by atoms with Crippen molar-refractivity contribution >= 4 is 17.8 Å². The summed E-state index contributed by atoms with van der Waals surface area (Å²) in [7, 11) is 0. The Labute approximate surface area is 170 Å². The zero-order valence-corrected chi connectivity index (χ0v) is 16.0. The van der Waals surface area contributed by atoms with E-state index in [-0.39, 0.29) is 16.2 Å². The van der Waals surface area contributed by atoms with Crippen molar-refractivity contribution < 1.29 is 17.9 Å². The number of rotatable bonds is 6. The third-order valence-corrected chi connectivity index (χ3v) is 5.28. The third-order valence-electron chi connectivity index (χ3n) is 4.97. The average molecular weight is 420 g/mol. The molecule has 1 aliphatic carbocycles. The van der Waals surface area contributed by atoms with E-state index in [1.807, 2.05) is 18.2 Å². The third kappa shape index (κ3) is 3.74. The molecule has 0 amide bonds. The van der Waals surface area contributed by atoms with E-state index in [0.717, 1.165) is 24.2 Å². The Morgan fingerprint density at radius 2 is 1.86 bits per heavy atom. The Bertz CT molecular complexity index is 1040. The van der Waals surface area contributed by atoms with Crippen molar-refractivity contribution in [1.82, 2.24) is 14.8 Å². The molecule has 1 aliphatic rings. The van der Waals surface area contributed by atoms with E-state index in [4.69, 9.17) is 16.3 Å². The predicted octanol–water partition coefficient (Wildman–Crippen LogP) is 5.72. The molecule has 1 saturated carbocycles. The monoisotopic (exact) mass is 419 g/mol. The van der Waals surface area contributed by atoms with Gasteiger partial charge in [0.05, 0.1) is 10.4 Å². The van der Waals surface area contributed by atoms with Crippen LogP contribution in [0.5, 0.6) is 5.75 Å². The van der Waals surface area contributed by atoms with Gasteiger partial charge < -0.3 is 4.74 Å². The fraction of sp³-hybridized carbons (Fsp3) is 0.238. The summed E-state index contributed by atoms with van der Waals surface area (Å²) in [5.41, 5.74) is 1.47. The average Bonchev–Trinajstić information content (AvgIpc) is 3.39. The second-order valence-electron chi connectivity index (χ2n) is 6.89. The SMILES string of the molecule is C=Cn1c(-c2ccc(OCC(F)(F)F)cc2Cl)nnc1C1(c2ccccc2)CC1. The maximum atomic E-state index is 12.4. The van der Waals surface area contributed by atoms with E-state index in [0.29, 0.717) is 11.4 Å². The molecule has 8 heteroatoms.